The Bertz CT molecular complexity index is 288. The van der Waals surface area contributed by atoms with Crippen molar-refractivity contribution in [3.05, 3.63) is 0 Å². The molecule has 0 rings (SSSR count). The van der Waals surface area contributed by atoms with E-state index in [1.54, 1.807) is 6.92 Å². The van der Waals surface area contributed by atoms with Crippen molar-refractivity contribution in [1.82, 2.24) is 0 Å². The molecule has 0 aromatic rings. The minimum atomic E-state index is -1.52. The third-order valence-electron chi connectivity index (χ3n) is 4.14. The SMILES string of the molecule is CC(CCC(O)CCC(O)CO)CC(C)(COCCO)C(O)O. The smallest absolute Gasteiger partial charge is 0.159 e. The molecule has 7 heteroatoms. The van der Waals surface area contributed by atoms with Crippen LogP contribution in [0.15, 0.2) is 0 Å². The Balaban J connectivity index is 4.18. The summed E-state index contributed by atoms with van der Waals surface area (Å²) < 4.78 is 5.24. The molecule has 0 aliphatic rings. The van der Waals surface area contributed by atoms with E-state index in [4.69, 9.17) is 14.9 Å². The average Bonchev–Trinajstić information content (AvgIpc) is 2.50. The van der Waals surface area contributed by atoms with Crippen LogP contribution in [0.3, 0.4) is 0 Å². The summed E-state index contributed by atoms with van der Waals surface area (Å²) in [4.78, 5) is 0. The predicted octanol–water partition coefficient (Wildman–Crippen LogP) is -0.387. The van der Waals surface area contributed by atoms with E-state index in [0.29, 0.717) is 32.1 Å². The van der Waals surface area contributed by atoms with Gasteiger partial charge in [-0.05, 0) is 38.0 Å². The van der Waals surface area contributed by atoms with Crippen molar-refractivity contribution in [3.63, 3.8) is 0 Å². The monoisotopic (exact) mass is 338 g/mol. The summed E-state index contributed by atoms with van der Waals surface area (Å²) in [5.41, 5.74) is -0.827. The Morgan fingerprint density at radius 2 is 1.48 bits per heavy atom. The minimum absolute atomic E-state index is 0.112. The Morgan fingerprint density at radius 1 is 0.913 bits per heavy atom. The lowest BCUT2D eigenvalue weighted by Crippen LogP contribution is -2.38. The Hall–Kier alpha value is -0.280. The van der Waals surface area contributed by atoms with Gasteiger partial charge in [0.05, 0.1) is 38.6 Å². The number of hydrogen-bond donors (Lipinski definition) is 6. The molecule has 0 saturated carbocycles. The lowest BCUT2D eigenvalue weighted by molar-refractivity contribution is -0.161. The van der Waals surface area contributed by atoms with Crippen molar-refractivity contribution in [3.8, 4) is 0 Å². The van der Waals surface area contributed by atoms with Gasteiger partial charge >= 0.3 is 0 Å². The normalized spacial score (nSPS) is 18.7. The van der Waals surface area contributed by atoms with Crippen LogP contribution in [0.5, 0.6) is 0 Å². The van der Waals surface area contributed by atoms with E-state index >= 15 is 0 Å². The van der Waals surface area contributed by atoms with E-state index < -0.39 is 23.9 Å². The third kappa shape index (κ3) is 10.2. The zero-order valence-electron chi connectivity index (χ0n) is 14.3. The van der Waals surface area contributed by atoms with E-state index in [9.17, 15) is 20.4 Å². The summed E-state index contributed by atoms with van der Waals surface area (Å²) >= 11 is 0. The first kappa shape index (κ1) is 22.7. The average molecular weight is 338 g/mol. The minimum Gasteiger partial charge on any atom is -0.394 e. The number of aliphatic hydroxyl groups is 6. The highest BCUT2D eigenvalue weighted by molar-refractivity contribution is 4.79. The van der Waals surface area contributed by atoms with Gasteiger partial charge < -0.3 is 35.4 Å². The molecule has 23 heavy (non-hydrogen) atoms. The molecule has 4 atom stereocenters. The first-order valence-corrected chi connectivity index (χ1v) is 8.27. The molecule has 140 valence electrons. The van der Waals surface area contributed by atoms with Gasteiger partial charge in [0.1, 0.15) is 0 Å². The molecule has 4 unspecified atom stereocenters. The van der Waals surface area contributed by atoms with Crippen LogP contribution in [0.4, 0.5) is 0 Å². The molecule has 0 aliphatic heterocycles. The molecular weight excluding hydrogens is 304 g/mol. The zero-order valence-corrected chi connectivity index (χ0v) is 14.3. The first-order chi connectivity index (χ1) is 10.7. The quantitative estimate of drug-likeness (QED) is 0.188. The molecule has 7 nitrogen and oxygen atoms in total. The van der Waals surface area contributed by atoms with Crippen LogP contribution in [-0.2, 0) is 4.74 Å². The molecule has 0 saturated heterocycles. The van der Waals surface area contributed by atoms with E-state index in [1.807, 2.05) is 6.92 Å². The molecular formula is C16H34O7. The second-order valence-corrected chi connectivity index (χ2v) is 6.76. The summed E-state index contributed by atoms with van der Waals surface area (Å²) in [5.74, 6) is 0.150. The molecule has 0 bridgehead atoms. The molecule has 0 amide bonds. The molecule has 0 aromatic carbocycles. The van der Waals surface area contributed by atoms with Gasteiger partial charge in [0.2, 0.25) is 0 Å². The van der Waals surface area contributed by atoms with Crippen molar-refractivity contribution in [2.24, 2.45) is 11.3 Å². The molecule has 0 aromatic heterocycles. The molecule has 0 spiro atoms. The first-order valence-electron chi connectivity index (χ1n) is 8.27. The zero-order chi connectivity index (χ0) is 17.9. The maximum atomic E-state index is 9.88. The largest absolute Gasteiger partial charge is 0.394 e. The lowest BCUT2D eigenvalue weighted by atomic mass is 9.79. The topological polar surface area (TPSA) is 131 Å². The highest BCUT2D eigenvalue weighted by Gasteiger charge is 2.34. The van der Waals surface area contributed by atoms with Gasteiger partial charge in [-0.15, -0.1) is 0 Å². The maximum absolute atomic E-state index is 9.88. The Labute approximate surface area is 138 Å². The lowest BCUT2D eigenvalue weighted by Gasteiger charge is -2.33. The van der Waals surface area contributed by atoms with Crippen LogP contribution in [0.1, 0.15) is 46.0 Å². The fourth-order valence-electron chi connectivity index (χ4n) is 2.60. The van der Waals surface area contributed by atoms with E-state index in [2.05, 4.69) is 0 Å². The van der Waals surface area contributed by atoms with Gasteiger partial charge in [0, 0.05) is 5.41 Å². The van der Waals surface area contributed by atoms with E-state index in [-0.39, 0.29) is 32.3 Å². The third-order valence-corrected chi connectivity index (χ3v) is 4.14. The summed E-state index contributed by atoms with van der Waals surface area (Å²) in [5, 5.41) is 55.7. The molecule has 6 N–H and O–H groups in total. The standard InChI is InChI=1S/C16H34O7/c1-12(3-4-13(19)5-6-14(20)10-18)9-16(2,15(21)22)11-23-8-7-17/h12-15,17-22H,3-11H2,1-2H3. The fraction of sp³-hybridized carbons (Fsp3) is 1.00. The summed E-state index contributed by atoms with van der Waals surface area (Å²) in [6.45, 7) is 3.58. The summed E-state index contributed by atoms with van der Waals surface area (Å²) in [6, 6.07) is 0. The van der Waals surface area contributed by atoms with E-state index in [1.165, 1.54) is 0 Å². The summed E-state index contributed by atoms with van der Waals surface area (Å²) in [7, 11) is 0. The summed E-state index contributed by atoms with van der Waals surface area (Å²) in [6.07, 6.45) is -0.307. The number of rotatable bonds is 14. The van der Waals surface area contributed by atoms with Crippen molar-refractivity contribution in [1.29, 1.82) is 0 Å². The van der Waals surface area contributed by atoms with Crippen molar-refractivity contribution in [2.75, 3.05) is 26.4 Å². The van der Waals surface area contributed by atoms with Gasteiger partial charge in [-0.2, -0.15) is 0 Å². The van der Waals surface area contributed by atoms with Crippen LogP contribution in [0.25, 0.3) is 0 Å². The Kier molecular flexibility index (Phi) is 12.0. The van der Waals surface area contributed by atoms with Crippen LogP contribution >= 0.6 is 0 Å². The van der Waals surface area contributed by atoms with Crippen molar-refractivity contribution < 1.29 is 35.4 Å². The van der Waals surface area contributed by atoms with Gasteiger partial charge in [0.25, 0.3) is 0 Å². The molecule has 0 aliphatic carbocycles. The van der Waals surface area contributed by atoms with Crippen molar-refractivity contribution in [2.45, 2.75) is 64.4 Å². The second-order valence-electron chi connectivity index (χ2n) is 6.76. The highest BCUT2D eigenvalue weighted by Crippen LogP contribution is 2.32. The number of aliphatic hydroxyl groups excluding tert-OH is 5. The van der Waals surface area contributed by atoms with Gasteiger partial charge in [-0.1, -0.05) is 13.8 Å². The highest BCUT2D eigenvalue weighted by atomic mass is 16.5. The number of hydrogen-bond acceptors (Lipinski definition) is 7. The molecule has 0 fully saturated rings. The van der Waals surface area contributed by atoms with Crippen LogP contribution < -0.4 is 0 Å². The predicted molar refractivity (Wildman–Crippen MR) is 85.6 cm³/mol. The fourth-order valence-corrected chi connectivity index (χ4v) is 2.60. The van der Waals surface area contributed by atoms with Crippen LogP contribution in [-0.4, -0.2) is 75.6 Å². The maximum Gasteiger partial charge on any atom is 0.159 e. The van der Waals surface area contributed by atoms with E-state index in [0.717, 1.165) is 0 Å². The Morgan fingerprint density at radius 3 is 2.00 bits per heavy atom. The molecule has 0 heterocycles. The second kappa shape index (κ2) is 12.1. The van der Waals surface area contributed by atoms with Crippen LogP contribution in [0, 0.1) is 11.3 Å². The van der Waals surface area contributed by atoms with Crippen molar-refractivity contribution >= 4 is 0 Å². The molecule has 0 radical (unpaired) electrons. The van der Waals surface area contributed by atoms with Gasteiger partial charge in [-0.25, -0.2) is 0 Å². The van der Waals surface area contributed by atoms with Gasteiger partial charge in [-0.3, -0.25) is 0 Å². The van der Waals surface area contributed by atoms with Gasteiger partial charge in [0.15, 0.2) is 6.29 Å². The number of ether oxygens (including phenoxy) is 1. The van der Waals surface area contributed by atoms with Crippen LogP contribution in [0.2, 0.25) is 0 Å².